The third kappa shape index (κ3) is 21.0. The first kappa shape index (κ1) is 63.4. The Bertz CT molecular complexity index is 2440. The number of likely N-dealkylation sites (N-methyl/N-ethyl adjacent to an activating group) is 1. The maximum absolute atomic E-state index is 14.5. The lowest BCUT2D eigenvalue weighted by molar-refractivity contribution is -0.148. The lowest BCUT2D eigenvalue weighted by atomic mass is 9.88. The molecule has 1 aliphatic heterocycles. The van der Waals surface area contributed by atoms with Gasteiger partial charge >= 0.3 is 17.9 Å². The van der Waals surface area contributed by atoms with Crippen molar-refractivity contribution in [2.45, 2.75) is 141 Å². The third-order valence-electron chi connectivity index (χ3n) is 13.2. The number of carbonyl (C=O) groups is 10. The number of nitrogens with two attached hydrogens (primary N) is 2. The molecule has 77 heavy (non-hydrogen) atoms. The van der Waals surface area contributed by atoms with E-state index in [1.54, 1.807) is 19.1 Å². The minimum atomic E-state index is -1.95. The van der Waals surface area contributed by atoms with Crippen molar-refractivity contribution in [3.63, 3.8) is 0 Å². The molecule has 0 spiro atoms. The molecule has 1 saturated heterocycles. The van der Waals surface area contributed by atoms with Crippen LogP contribution >= 0.6 is 0 Å². The van der Waals surface area contributed by atoms with Crippen LogP contribution in [-0.2, 0) is 59.1 Å². The number of hydrogen-bond acceptors (Lipinski definition) is 13. The molecule has 1 aliphatic carbocycles. The summed E-state index contributed by atoms with van der Waals surface area (Å²) in [6.45, 7) is 12.4. The first-order valence-electron chi connectivity index (χ1n) is 25.4. The van der Waals surface area contributed by atoms with E-state index in [9.17, 15) is 63.3 Å². The highest BCUT2D eigenvalue weighted by atomic mass is 16.5. The number of aliphatic hydroxyl groups is 1. The first-order valence-corrected chi connectivity index (χ1v) is 25.4. The van der Waals surface area contributed by atoms with Crippen LogP contribution in [0.5, 0.6) is 0 Å². The van der Waals surface area contributed by atoms with Crippen LogP contribution in [0.4, 0.5) is 0 Å². The highest BCUT2D eigenvalue weighted by Crippen LogP contribution is 2.23. The third-order valence-corrected chi connectivity index (χ3v) is 13.2. The van der Waals surface area contributed by atoms with Gasteiger partial charge in [0.1, 0.15) is 42.0 Å². The Morgan fingerprint density at radius 2 is 1.45 bits per heavy atom. The number of ether oxygens (including phenoxy) is 1. The zero-order chi connectivity index (χ0) is 57.7. The van der Waals surface area contributed by atoms with Crippen LogP contribution in [0.15, 0.2) is 83.6 Å². The first-order chi connectivity index (χ1) is 36.2. The van der Waals surface area contributed by atoms with Crippen molar-refractivity contribution in [2.24, 2.45) is 40.1 Å². The van der Waals surface area contributed by atoms with Crippen molar-refractivity contribution in [1.82, 2.24) is 36.8 Å². The van der Waals surface area contributed by atoms with Crippen molar-refractivity contribution in [1.29, 1.82) is 0 Å². The molecule has 12 atom stereocenters. The van der Waals surface area contributed by atoms with Gasteiger partial charge in [-0.3, -0.25) is 43.3 Å². The summed E-state index contributed by atoms with van der Waals surface area (Å²) in [6.07, 6.45) is 6.63. The van der Waals surface area contributed by atoms with E-state index in [0.717, 1.165) is 10.5 Å². The summed E-state index contributed by atoms with van der Waals surface area (Å²) in [7, 11) is 1.19. The van der Waals surface area contributed by atoms with E-state index in [4.69, 9.17) is 16.2 Å². The average Bonchev–Trinajstić information content (AvgIpc) is 3.37. The molecule has 2 aliphatic rings. The molecular formula is C53H76N10O14. The number of amides is 7. The van der Waals surface area contributed by atoms with E-state index in [1.807, 2.05) is 43.3 Å². The van der Waals surface area contributed by atoms with Gasteiger partial charge in [0.05, 0.1) is 24.0 Å². The number of nitrogens with one attached hydrogen (secondary N) is 6. The maximum atomic E-state index is 14.5. The molecule has 13 N–H and O–H groups in total. The van der Waals surface area contributed by atoms with Gasteiger partial charge in [-0.25, -0.2) is 9.59 Å². The van der Waals surface area contributed by atoms with E-state index >= 15 is 0 Å². The lowest BCUT2D eigenvalue weighted by Crippen LogP contribution is -2.59. The second kappa shape index (κ2) is 30.6. The summed E-state index contributed by atoms with van der Waals surface area (Å²) in [6, 6.07) is 0.172. The van der Waals surface area contributed by atoms with Crippen LogP contribution < -0.4 is 43.4 Å². The Labute approximate surface area is 448 Å². The molecule has 0 aromatic heterocycles. The molecule has 24 heteroatoms. The van der Waals surface area contributed by atoms with Crippen LogP contribution in [0.3, 0.4) is 0 Å². The molecular weight excluding hydrogens is 1000 g/mol. The Morgan fingerprint density at radius 3 is 2.05 bits per heavy atom. The topological polar surface area (TPSA) is 380 Å². The zero-order valence-corrected chi connectivity index (χ0v) is 44.7. The van der Waals surface area contributed by atoms with Gasteiger partial charge in [0.25, 0.3) is 5.91 Å². The smallest absolute Gasteiger partial charge is 0.327 e. The standard InChI is InChI=1S/C53H76N10O14/c1-28(25-29(2)42(77-34(7)64)27-35-13-10-9-11-14-35)16-21-38-30(3)45(67)60-40(51(73)74)22-23-43(66)63(8)33(6)48(70)57-32(5)47(69)61-41(26-36-17-19-37(65)20-18-36)50(72)62-44(52(75)76)31(4)46(68)59-39(49(71)58-38)15-12-24-56-53(54)55/h9-11,13-14,16-17,19,21,25,29-32,36-42,44,65H,6,12,15,18,20,22-24,26-27H2,1-5,7-8H3,(H,57,70)(H,58,71)(H,59,68)(H,60,67)(H,61,69)(H,62,72)(H,73,74)(H,75,76)(H4,54,55,56). The number of aliphatic imine (C=N–C) groups is 1. The van der Waals surface area contributed by atoms with Crippen molar-refractivity contribution in [3.8, 4) is 0 Å². The molecule has 1 heterocycles. The molecule has 24 nitrogen and oxygen atoms in total. The predicted molar refractivity (Wildman–Crippen MR) is 282 cm³/mol. The number of carboxylic acids is 2. The highest BCUT2D eigenvalue weighted by Gasteiger charge is 2.38. The molecule has 12 unspecified atom stereocenters. The van der Waals surface area contributed by atoms with Crippen LogP contribution in [0.2, 0.25) is 0 Å². The number of carboxylic acid groups (broad SMARTS) is 2. The number of aliphatic carboxylic acids is 2. The number of benzene rings is 1. The SMILES string of the molecule is C=C1C(=O)NC(C)C(=O)NC(CC2C=CC(O)CC2)C(=O)NC(C(=O)O)C(C)C(=O)NC(CCCN=C(N)N)C(=O)NC(C=CC(C)=CC(C)C(Cc2ccccc2)OC(C)=O)C(C)C(=O)NC(C(=O)O)CCC(=O)N1C. The number of nitrogens with zero attached hydrogens (tertiary/aromatic N) is 2. The summed E-state index contributed by atoms with van der Waals surface area (Å²) in [5.41, 5.74) is 12.1. The van der Waals surface area contributed by atoms with Gasteiger partial charge in [0, 0.05) is 39.3 Å². The molecule has 3 rings (SSSR count). The molecule has 7 amide bonds. The summed E-state index contributed by atoms with van der Waals surface area (Å²) in [5.74, 6) is -14.0. The van der Waals surface area contributed by atoms with Crippen LogP contribution in [0, 0.1) is 23.7 Å². The fraction of sp³-hybridized carbons (Fsp3) is 0.528. The molecule has 1 aromatic carbocycles. The van der Waals surface area contributed by atoms with Crippen LogP contribution in [-0.4, -0.2) is 147 Å². The minimum absolute atomic E-state index is 0.0121. The van der Waals surface area contributed by atoms with Gasteiger partial charge in [0.15, 0.2) is 5.96 Å². The quantitative estimate of drug-likeness (QED) is 0.0213. The summed E-state index contributed by atoms with van der Waals surface area (Å²) < 4.78 is 5.68. The molecule has 0 saturated carbocycles. The van der Waals surface area contributed by atoms with Gasteiger partial charge in [-0.05, 0) is 63.9 Å². The molecule has 1 fully saturated rings. The van der Waals surface area contributed by atoms with E-state index < -0.39 is 144 Å². The van der Waals surface area contributed by atoms with Gasteiger partial charge in [0.2, 0.25) is 35.4 Å². The molecule has 0 bridgehead atoms. The van der Waals surface area contributed by atoms with Crippen molar-refractivity contribution in [3.05, 3.63) is 84.1 Å². The van der Waals surface area contributed by atoms with Crippen molar-refractivity contribution in [2.75, 3.05) is 13.6 Å². The Morgan fingerprint density at radius 1 is 0.818 bits per heavy atom. The second-order valence-corrected chi connectivity index (χ2v) is 19.5. The molecule has 0 radical (unpaired) electrons. The number of allylic oxidation sites excluding steroid dienone is 3. The molecule has 1 aromatic rings. The Hall–Kier alpha value is -7.89. The monoisotopic (exact) mass is 1080 g/mol. The van der Waals surface area contributed by atoms with Crippen LogP contribution in [0.25, 0.3) is 0 Å². The zero-order valence-electron chi connectivity index (χ0n) is 44.7. The number of aliphatic hydroxyl groups excluding tert-OH is 1. The summed E-state index contributed by atoms with van der Waals surface area (Å²) in [5, 5.41) is 45.7. The summed E-state index contributed by atoms with van der Waals surface area (Å²) in [4.78, 5) is 140. The number of guanidine groups is 1. The van der Waals surface area contributed by atoms with Gasteiger partial charge in [-0.15, -0.1) is 0 Å². The number of rotatable bonds is 15. The lowest BCUT2D eigenvalue weighted by Gasteiger charge is -2.29. The predicted octanol–water partition coefficient (Wildman–Crippen LogP) is 0.206. The van der Waals surface area contributed by atoms with Gasteiger partial charge in [-0.2, -0.15) is 0 Å². The van der Waals surface area contributed by atoms with E-state index in [0.29, 0.717) is 24.8 Å². The van der Waals surface area contributed by atoms with Gasteiger partial charge < -0.3 is 68.3 Å². The largest absolute Gasteiger partial charge is 0.480 e. The number of carbonyl (C=O) groups excluding carboxylic acids is 8. The number of esters is 1. The van der Waals surface area contributed by atoms with Gasteiger partial charge in [-0.1, -0.05) is 93.6 Å². The molecule has 422 valence electrons. The average molecular weight is 1080 g/mol. The van der Waals surface area contributed by atoms with E-state index in [1.165, 1.54) is 46.9 Å². The Kier molecular flexibility index (Phi) is 25.2. The minimum Gasteiger partial charge on any atom is -0.480 e. The van der Waals surface area contributed by atoms with Crippen molar-refractivity contribution >= 4 is 65.2 Å². The van der Waals surface area contributed by atoms with Crippen molar-refractivity contribution < 1.29 is 68.0 Å². The fourth-order valence-electron chi connectivity index (χ4n) is 8.41. The van der Waals surface area contributed by atoms with E-state index in [-0.39, 0.29) is 37.7 Å². The highest BCUT2D eigenvalue weighted by molar-refractivity contribution is 6.00. The fourth-order valence-corrected chi connectivity index (χ4v) is 8.41. The van der Waals surface area contributed by atoms with Crippen LogP contribution in [0.1, 0.15) is 92.1 Å². The Balaban J connectivity index is 2.15. The second-order valence-electron chi connectivity index (χ2n) is 19.5. The van der Waals surface area contributed by atoms with E-state index in [2.05, 4.69) is 43.5 Å². The normalized spacial score (nSPS) is 27.0. The summed E-state index contributed by atoms with van der Waals surface area (Å²) >= 11 is 0. The maximum Gasteiger partial charge on any atom is 0.327 e. The number of hydrogen-bond donors (Lipinski definition) is 11.